The zero-order chi connectivity index (χ0) is 14.8. The molecule has 0 aromatic heterocycles. The fourth-order valence-corrected chi connectivity index (χ4v) is 4.27. The van der Waals surface area contributed by atoms with Gasteiger partial charge in [0.15, 0.2) is 0 Å². The van der Waals surface area contributed by atoms with Gasteiger partial charge in [0.05, 0.1) is 5.25 Å². The van der Waals surface area contributed by atoms with Gasteiger partial charge in [-0.2, -0.15) is 0 Å². The first-order chi connectivity index (χ1) is 9.31. The molecule has 1 aliphatic carbocycles. The van der Waals surface area contributed by atoms with Crippen LogP contribution in [0.4, 0.5) is 0 Å². The monoisotopic (exact) mass is 317 g/mol. The average Bonchev–Trinajstić information content (AvgIpc) is 2.92. The Hall–Kier alpha value is -0.620. The molecule has 1 aromatic carbocycles. The fourth-order valence-electron chi connectivity index (χ4n) is 2.47. The smallest absolute Gasteiger partial charge is 0.214 e. The van der Waals surface area contributed by atoms with Crippen molar-refractivity contribution >= 4 is 21.6 Å². The predicted octanol–water partition coefficient (Wildman–Crippen LogP) is 2.41. The van der Waals surface area contributed by atoms with Crippen molar-refractivity contribution in [1.29, 1.82) is 0 Å². The van der Waals surface area contributed by atoms with Crippen LogP contribution in [0.5, 0.6) is 0 Å². The number of rotatable bonds is 5. The normalized spacial score (nSPS) is 19.9. The van der Waals surface area contributed by atoms with Gasteiger partial charge in [0, 0.05) is 11.6 Å². The Morgan fingerprint density at radius 1 is 1.30 bits per heavy atom. The van der Waals surface area contributed by atoms with Crippen molar-refractivity contribution in [3.05, 3.63) is 34.9 Å². The Morgan fingerprint density at radius 2 is 1.85 bits per heavy atom. The van der Waals surface area contributed by atoms with Gasteiger partial charge >= 0.3 is 0 Å². The quantitative estimate of drug-likeness (QED) is 0.876. The van der Waals surface area contributed by atoms with Gasteiger partial charge in [-0.3, -0.25) is 0 Å². The Labute approximate surface area is 125 Å². The van der Waals surface area contributed by atoms with E-state index in [1.54, 1.807) is 31.2 Å². The van der Waals surface area contributed by atoms with Gasteiger partial charge in [-0.1, -0.05) is 36.6 Å². The Bertz CT molecular complexity index is 548. The standard InChI is InChI=1S/C14H20ClNO3S/c1-14(17,11-6-8-12(15)9-7-11)10-16-20(18,19)13-4-2-3-5-13/h6-9,13,16-17H,2-5,10H2,1H3. The zero-order valence-electron chi connectivity index (χ0n) is 11.5. The maximum atomic E-state index is 12.1. The van der Waals surface area contributed by atoms with Crippen molar-refractivity contribution in [1.82, 2.24) is 4.72 Å². The number of halogens is 1. The van der Waals surface area contributed by atoms with Crippen LogP contribution in [0.2, 0.25) is 5.02 Å². The van der Waals surface area contributed by atoms with Crippen LogP contribution in [-0.2, 0) is 15.6 Å². The third kappa shape index (κ3) is 3.73. The Kier molecular flexibility index (Phi) is 4.74. The molecule has 1 fully saturated rings. The van der Waals surface area contributed by atoms with E-state index in [4.69, 9.17) is 11.6 Å². The molecule has 0 heterocycles. The molecule has 0 spiro atoms. The molecular weight excluding hydrogens is 298 g/mol. The highest BCUT2D eigenvalue weighted by molar-refractivity contribution is 7.90. The SMILES string of the molecule is CC(O)(CNS(=O)(=O)C1CCCC1)c1ccc(Cl)cc1. The molecule has 1 aliphatic rings. The number of hydrogen-bond donors (Lipinski definition) is 2. The van der Waals surface area contributed by atoms with E-state index in [1.807, 2.05) is 0 Å². The van der Waals surface area contributed by atoms with Crippen molar-refractivity contribution in [2.75, 3.05) is 6.54 Å². The second-order valence-corrected chi connectivity index (χ2v) is 8.04. The molecule has 1 unspecified atom stereocenters. The molecule has 6 heteroatoms. The first-order valence-electron chi connectivity index (χ1n) is 6.78. The highest BCUT2D eigenvalue weighted by atomic mass is 35.5. The summed E-state index contributed by atoms with van der Waals surface area (Å²) in [5, 5.41) is 10.7. The Morgan fingerprint density at radius 3 is 2.40 bits per heavy atom. The maximum absolute atomic E-state index is 12.1. The highest BCUT2D eigenvalue weighted by Gasteiger charge is 2.31. The maximum Gasteiger partial charge on any atom is 0.214 e. The van der Waals surface area contributed by atoms with Gasteiger partial charge in [0.1, 0.15) is 5.60 Å². The second kappa shape index (κ2) is 6.02. The summed E-state index contributed by atoms with van der Waals surface area (Å²) in [6, 6.07) is 6.76. The molecule has 112 valence electrons. The first-order valence-corrected chi connectivity index (χ1v) is 8.71. The van der Waals surface area contributed by atoms with Crippen LogP contribution >= 0.6 is 11.6 Å². The second-order valence-electron chi connectivity index (χ2n) is 5.55. The minimum absolute atomic E-state index is 0.0343. The topological polar surface area (TPSA) is 66.4 Å². The van der Waals surface area contributed by atoms with Crippen molar-refractivity contribution < 1.29 is 13.5 Å². The molecule has 0 radical (unpaired) electrons. The zero-order valence-corrected chi connectivity index (χ0v) is 13.0. The number of aliphatic hydroxyl groups is 1. The van der Waals surface area contributed by atoms with E-state index in [0.717, 1.165) is 12.8 Å². The van der Waals surface area contributed by atoms with Crippen LogP contribution < -0.4 is 4.72 Å². The van der Waals surface area contributed by atoms with Gasteiger partial charge in [-0.15, -0.1) is 0 Å². The first kappa shape index (κ1) is 15.8. The van der Waals surface area contributed by atoms with Crippen molar-refractivity contribution in [3.63, 3.8) is 0 Å². The van der Waals surface area contributed by atoms with E-state index in [2.05, 4.69) is 4.72 Å². The molecule has 2 N–H and O–H groups in total. The summed E-state index contributed by atoms with van der Waals surface area (Å²) in [5.74, 6) is 0. The largest absolute Gasteiger partial charge is 0.384 e. The predicted molar refractivity (Wildman–Crippen MR) is 80.2 cm³/mol. The molecule has 4 nitrogen and oxygen atoms in total. The van der Waals surface area contributed by atoms with Gasteiger partial charge < -0.3 is 5.11 Å². The Balaban J connectivity index is 2.03. The molecule has 1 aromatic rings. The van der Waals surface area contributed by atoms with Crippen LogP contribution in [0.15, 0.2) is 24.3 Å². The lowest BCUT2D eigenvalue weighted by molar-refractivity contribution is 0.0627. The van der Waals surface area contributed by atoms with Gasteiger partial charge in [-0.05, 0) is 37.5 Å². The molecule has 2 rings (SSSR count). The van der Waals surface area contributed by atoms with E-state index >= 15 is 0 Å². The summed E-state index contributed by atoms with van der Waals surface area (Å²) in [7, 11) is -3.35. The lowest BCUT2D eigenvalue weighted by Gasteiger charge is -2.25. The van der Waals surface area contributed by atoms with Crippen molar-refractivity contribution in [2.45, 2.75) is 43.5 Å². The number of nitrogens with one attached hydrogen (secondary N) is 1. The summed E-state index contributed by atoms with van der Waals surface area (Å²) in [6.45, 7) is 1.56. The molecule has 0 amide bonds. The van der Waals surface area contributed by atoms with Gasteiger partial charge in [0.25, 0.3) is 0 Å². The fraction of sp³-hybridized carbons (Fsp3) is 0.571. The van der Waals surface area contributed by atoms with E-state index in [1.165, 1.54) is 0 Å². The van der Waals surface area contributed by atoms with Crippen LogP contribution in [0, 0.1) is 0 Å². The van der Waals surface area contributed by atoms with Crippen LogP contribution in [0.3, 0.4) is 0 Å². The lowest BCUT2D eigenvalue weighted by Crippen LogP contribution is -2.42. The molecule has 0 aliphatic heterocycles. The minimum atomic E-state index is -3.35. The lowest BCUT2D eigenvalue weighted by atomic mass is 9.97. The number of sulfonamides is 1. The summed E-state index contributed by atoms with van der Waals surface area (Å²) in [5.41, 5.74) is -0.619. The van der Waals surface area contributed by atoms with E-state index in [9.17, 15) is 13.5 Å². The molecule has 0 bridgehead atoms. The molecular formula is C14H20ClNO3S. The summed E-state index contributed by atoms with van der Waals surface area (Å²) < 4.78 is 26.8. The molecule has 1 saturated carbocycles. The average molecular weight is 318 g/mol. The molecule has 0 saturated heterocycles. The van der Waals surface area contributed by atoms with Crippen molar-refractivity contribution in [2.24, 2.45) is 0 Å². The van der Waals surface area contributed by atoms with Crippen LogP contribution in [0.25, 0.3) is 0 Å². The number of benzene rings is 1. The van der Waals surface area contributed by atoms with Crippen molar-refractivity contribution in [3.8, 4) is 0 Å². The minimum Gasteiger partial charge on any atom is -0.384 e. The van der Waals surface area contributed by atoms with E-state index in [0.29, 0.717) is 23.4 Å². The summed E-state index contributed by atoms with van der Waals surface area (Å²) >= 11 is 5.80. The third-order valence-electron chi connectivity index (χ3n) is 3.82. The van der Waals surface area contributed by atoms with Crippen LogP contribution in [-0.4, -0.2) is 25.3 Å². The highest BCUT2D eigenvalue weighted by Crippen LogP contribution is 2.26. The van der Waals surface area contributed by atoms with Gasteiger partial charge in [-0.25, -0.2) is 13.1 Å². The number of hydrogen-bond acceptors (Lipinski definition) is 3. The molecule has 20 heavy (non-hydrogen) atoms. The summed E-state index contributed by atoms with van der Waals surface area (Å²) in [6.07, 6.45) is 3.33. The van der Waals surface area contributed by atoms with Crippen LogP contribution in [0.1, 0.15) is 38.2 Å². The third-order valence-corrected chi connectivity index (χ3v) is 5.97. The molecule has 1 atom stereocenters. The van der Waals surface area contributed by atoms with E-state index in [-0.39, 0.29) is 11.8 Å². The van der Waals surface area contributed by atoms with Gasteiger partial charge in [0.2, 0.25) is 10.0 Å². The summed E-state index contributed by atoms with van der Waals surface area (Å²) in [4.78, 5) is 0. The van der Waals surface area contributed by atoms with E-state index < -0.39 is 15.6 Å².